The second-order valence-electron chi connectivity index (χ2n) is 30.4. The van der Waals surface area contributed by atoms with Crippen LogP contribution in [0.25, 0.3) is 27.8 Å². The fourth-order valence-corrected chi connectivity index (χ4v) is 14.4. The van der Waals surface area contributed by atoms with Gasteiger partial charge in [-0.2, -0.15) is 0 Å². The summed E-state index contributed by atoms with van der Waals surface area (Å²) in [6.45, 7) is 50.2. The molecule has 8 aromatic rings. The van der Waals surface area contributed by atoms with E-state index in [0.29, 0.717) is 0 Å². The fraction of sp³-hybridized carbons (Fsp3) is 0.405. The molecular weight excluding hydrogens is 942 g/mol. The molecule has 0 unspecified atom stereocenters. The van der Waals surface area contributed by atoms with Gasteiger partial charge in [0.25, 0.3) is 6.71 Å². The highest BCUT2D eigenvalue weighted by molar-refractivity contribution is 7.00. The molecule has 4 aliphatic rings. The molecule has 78 heavy (non-hydrogen) atoms. The number of hydrogen-bond donors (Lipinski definition) is 0. The van der Waals surface area contributed by atoms with Crippen LogP contribution in [0, 0.1) is 20.8 Å². The maximum Gasteiger partial charge on any atom is 0.252 e. The van der Waals surface area contributed by atoms with Gasteiger partial charge in [-0.3, -0.25) is 0 Å². The van der Waals surface area contributed by atoms with Crippen molar-refractivity contribution in [3.8, 4) is 16.9 Å². The van der Waals surface area contributed by atoms with Crippen molar-refractivity contribution in [3.05, 3.63) is 176 Å². The quantitative estimate of drug-likeness (QED) is 0.163. The molecule has 3 nitrogen and oxygen atoms in total. The molecule has 4 heteroatoms. The number of fused-ring (bicyclic) bond motifs is 10. The van der Waals surface area contributed by atoms with Gasteiger partial charge in [0, 0.05) is 61.7 Å². The molecule has 0 radical (unpaired) electrons. The molecule has 0 fully saturated rings. The third-order valence-corrected chi connectivity index (χ3v) is 19.4. The first-order valence-corrected chi connectivity index (χ1v) is 29.3. The Morgan fingerprint density at radius 3 is 1.56 bits per heavy atom. The summed E-state index contributed by atoms with van der Waals surface area (Å²) in [6.07, 6.45) is 2.33. The van der Waals surface area contributed by atoms with Gasteiger partial charge in [-0.25, -0.2) is 0 Å². The van der Waals surface area contributed by atoms with Crippen LogP contribution in [0.15, 0.2) is 115 Å². The topological polar surface area (TPSA) is 11.4 Å². The summed E-state index contributed by atoms with van der Waals surface area (Å²) in [5.41, 5.74) is 31.8. The third-order valence-electron chi connectivity index (χ3n) is 19.4. The van der Waals surface area contributed by atoms with Crippen LogP contribution in [0.2, 0.25) is 0 Å². The van der Waals surface area contributed by atoms with E-state index in [-0.39, 0.29) is 44.6 Å². The second-order valence-corrected chi connectivity index (χ2v) is 30.4. The predicted molar refractivity (Wildman–Crippen MR) is 339 cm³/mol. The Morgan fingerprint density at radius 2 is 1.00 bits per heavy atom. The maximum atomic E-state index is 2.75. The van der Waals surface area contributed by atoms with Crippen LogP contribution >= 0.6 is 0 Å². The average molecular weight is 1030 g/mol. The predicted octanol–water partition coefficient (Wildman–Crippen LogP) is 18.5. The maximum absolute atomic E-state index is 2.75. The number of rotatable bonds is 4. The number of aromatic nitrogens is 1. The lowest BCUT2D eigenvalue weighted by molar-refractivity contribution is 0.332. The zero-order chi connectivity index (χ0) is 56.1. The second kappa shape index (κ2) is 16.7. The molecule has 3 heterocycles. The van der Waals surface area contributed by atoms with E-state index in [2.05, 4.69) is 275 Å². The number of anilines is 6. The van der Waals surface area contributed by atoms with E-state index in [9.17, 15) is 0 Å². The molecule has 0 atom stereocenters. The van der Waals surface area contributed by atoms with Crippen LogP contribution in [0.1, 0.15) is 199 Å². The largest absolute Gasteiger partial charge is 0.311 e. The molecular formula is C74H86BN3. The molecule has 7 aromatic carbocycles. The fourth-order valence-electron chi connectivity index (χ4n) is 14.4. The summed E-state index contributed by atoms with van der Waals surface area (Å²) in [5.74, 6) is 0. The Morgan fingerprint density at radius 1 is 0.462 bits per heavy atom. The molecule has 0 amide bonds. The van der Waals surface area contributed by atoms with Crippen LogP contribution in [-0.4, -0.2) is 11.3 Å². The van der Waals surface area contributed by atoms with Crippen molar-refractivity contribution in [2.45, 2.75) is 196 Å². The van der Waals surface area contributed by atoms with E-state index < -0.39 is 0 Å². The van der Waals surface area contributed by atoms with Crippen molar-refractivity contribution >= 4 is 68.1 Å². The highest BCUT2D eigenvalue weighted by Gasteiger charge is 2.49. The smallest absolute Gasteiger partial charge is 0.252 e. The minimum atomic E-state index is -0.191. The Labute approximate surface area is 469 Å². The lowest BCUT2D eigenvalue weighted by Gasteiger charge is -2.45. The summed E-state index contributed by atoms with van der Waals surface area (Å²) in [6, 6.07) is 46.9. The van der Waals surface area contributed by atoms with Gasteiger partial charge in [0.2, 0.25) is 0 Å². The van der Waals surface area contributed by atoms with E-state index in [0.717, 1.165) is 12.1 Å². The minimum absolute atomic E-state index is 0.0163. The first kappa shape index (κ1) is 52.4. The minimum Gasteiger partial charge on any atom is -0.311 e. The molecule has 0 N–H and O–H groups in total. The highest BCUT2D eigenvalue weighted by Crippen LogP contribution is 2.57. The molecule has 1 aromatic heterocycles. The average Bonchev–Trinajstić information content (AvgIpc) is 3.22. The number of aryl methyl sites for hydroxylation is 3. The van der Waals surface area contributed by atoms with Gasteiger partial charge in [-0.1, -0.05) is 191 Å². The lowest BCUT2D eigenvalue weighted by Crippen LogP contribution is -2.61. The van der Waals surface area contributed by atoms with Crippen molar-refractivity contribution in [1.29, 1.82) is 0 Å². The summed E-state index contributed by atoms with van der Waals surface area (Å²) in [5, 5.41) is 1.40. The van der Waals surface area contributed by atoms with Crippen molar-refractivity contribution < 1.29 is 0 Å². The van der Waals surface area contributed by atoms with E-state index >= 15 is 0 Å². The number of hydrogen-bond acceptors (Lipinski definition) is 2. The first-order chi connectivity index (χ1) is 36.2. The van der Waals surface area contributed by atoms with Gasteiger partial charge >= 0.3 is 0 Å². The highest BCUT2D eigenvalue weighted by atomic mass is 15.2. The normalized spacial score (nSPS) is 16.7. The molecule has 2 aliphatic heterocycles. The van der Waals surface area contributed by atoms with Gasteiger partial charge < -0.3 is 14.4 Å². The summed E-state index contributed by atoms with van der Waals surface area (Å²) < 4.78 is 2.75. The number of benzene rings is 7. The van der Waals surface area contributed by atoms with Gasteiger partial charge in [0.15, 0.2) is 0 Å². The Balaban J connectivity index is 1.24. The van der Waals surface area contributed by atoms with Gasteiger partial charge in [0.05, 0.1) is 5.69 Å². The van der Waals surface area contributed by atoms with Crippen molar-refractivity contribution in [3.63, 3.8) is 0 Å². The van der Waals surface area contributed by atoms with E-state index in [4.69, 9.17) is 0 Å². The molecule has 2 aliphatic carbocycles. The molecule has 400 valence electrons. The molecule has 0 saturated heterocycles. The van der Waals surface area contributed by atoms with Crippen LogP contribution < -0.4 is 26.2 Å². The zero-order valence-electron chi connectivity index (χ0n) is 51.3. The van der Waals surface area contributed by atoms with Gasteiger partial charge in [0.1, 0.15) is 0 Å². The molecule has 12 rings (SSSR count). The van der Waals surface area contributed by atoms with Crippen LogP contribution in [0.5, 0.6) is 0 Å². The van der Waals surface area contributed by atoms with Gasteiger partial charge in [-0.15, -0.1) is 0 Å². The molecule has 0 bridgehead atoms. The van der Waals surface area contributed by atoms with E-state index in [1.54, 1.807) is 0 Å². The molecule has 0 spiro atoms. The number of nitrogens with zero attached hydrogens (tertiary/aromatic N) is 3. The summed E-state index contributed by atoms with van der Waals surface area (Å²) in [7, 11) is 0. The van der Waals surface area contributed by atoms with Crippen molar-refractivity contribution in [1.82, 2.24) is 4.57 Å². The molecule has 0 saturated carbocycles. The third kappa shape index (κ3) is 7.71. The van der Waals surface area contributed by atoms with E-state index in [1.165, 1.54) is 140 Å². The van der Waals surface area contributed by atoms with Crippen molar-refractivity contribution in [2.75, 3.05) is 9.80 Å². The zero-order valence-corrected chi connectivity index (χ0v) is 51.3. The summed E-state index contributed by atoms with van der Waals surface area (Å²) >= 11 is 0. The van der Waals surface area contributed by atoms with Gasteiger partial charge in [-0.05, 0) is 192 Å². The van der Waals surface area contributed by atoms with Crippen LogP contribution in [-0.2, 0) is 37.9 Å². The first-order valence-electron chi connectivity index (χ1n) is 29.3. The Kier molecular flexibility index (Phi) is 11.2. The van der Waals surface area contributed by atoms with Crippen LogP contribution in [0.3, 0.4) is 0 Å². The van der Waals surface area contributed by atoms with Crippen molar-refractivity contribution in [2.24, 2.45) is 0 Å². The SMILES string of the molecule is Cc1cc(C(C)(C)C)ccc1N(c1ccc2c(c1)N(c1cc3c(cc1C)C(C)(C)CCC3(C)C)c1cc(C(C)(C)C)cc3c1B2c1cc(C(C)(C)C)cc2c4c(n-3c12)-c1ccccc1C4(C)C)c1ccc(C(C)(C)C)cc1C. The van der Waals surface area contributed by atoms with Crippen LogP contribution in [0.4, 0.5) is 34.1 Å². The lowest BCUT2D eigenvalue weighted by atomic mass is 9.33. The monoisotopic (exact) mass is 1030 g/mol. The van der Waals surface area contributed by atoms with E-state index in [1.807, 2.05) is 0 Å². The summed E-state index contributed by atoms with van der Waals surface area (Å²) in [4.78, 5) is 5.33. The Bertz CT molecular complexity index is 3800. The standard InChI is InChI=1S/C74H86BN3/c1-43-34-46(68(4,5)6)26-30-58(43)76(59-31-27-47(35-44(59)2)69(7,8)9)50-28-29-56-61(41-50)77(60-42-55-54(36-45(60)3)72(16,17)32-33-73(55,18)19)62-39-49(71(13,14)15)40-63-65(62)75(56)57-38-48(70(10,11)12)37-52-64-67(78(63)66(52)57)51-24-22-23-25-53(51)74(64,20)21/h22-31,34-42H,32-33H2,1-21H3. The Hall–Kier alpha value is -6.26.